The van der Waals surface area contributed by atoms with Crippen LogP contribution < -0.4 is 10.2 Å². The summed E-state index contributed by atoms with van der Waals surface area (Å²) in [7, 11) is 0. The smallest absolute Gasteiger partial charge is 0.277 e. The minimum absolute atomic E-state index is 0.119. The van der Waals surface area contributed by atoms with Gasteiger partial charge in [0.05, 0.1) is 5.71 Å². The van der Waals surface area contributed by atoms with E-state index in [1.165, 1.54) is 0 Å². The van der Waals surface area contributed by atoms with Crippen molar-refractivity contribution in [3.63, 3.8) is 0 Å². The summed E-state index contributed by atoms with van der Waals surface area (Å²) in [6, 6.07) is 15.9. The van der Waals surface area contributed by atoms with E-state index in [2.05, 4.69) is 10.5 Å². The number of aromatic hydroxyl groups is 1. The predicted molar refractivity (Wildman–Crippen MR) is 80.4 cm³/mol. The van der Waals surface area contributed by atoms with Crippen LogP contribution in [-0.4, -0.2) is 23.3 Å². The third-order valence-electron chi connectivity index (χ3n) is 2.76. The number of phenolic OH excluding ortho intramolecular Hbond substituents is 1. The SMILES string of the molecule is C/C(=N/NC(=O)COc1ccccc1)c1ccccc1O. The van der Waals surface area contributed by atoms with Gasteiger partial charge in [0, 0.05) is 5.56 Å². The maximum atomic E-state index is 11.6. The van der Waals surface area contributed by atoms with E-state index in [-0.39, 0.29) is 18.3 Å². The van der Waals surface area contributed by atoms with Crippen molar-refractivity contribution in [2.45, 2.75) is 6.92 Å². The van der Waals surface area contributed by atoms with Gasteiger partial charge in [-0.15, -0.1) is 0 Å². The number of ether oxygens (including phenoxy) is 1. The van der Waals surface area contributed by atoms with E-state index in [0.29, 0.717) is 17.0 Å². The summed E-state index contributed by atoms with van der Waals surface area (Å²) < 4.78 is 5.30. The molecule has 21 heavy (non-hydrogen) atoms. The molecule has 0 saturated carbocycles. The highest BCUT2D eigenvalue weighted by atomic mass is 16.5. The summed E-state index contributed by atoms with van der Waals surface area (Å²) in [5.74, 6) is 0.371. The minimum atomic E-state index is -0.367. The maximum Gasteiger partial charge on any atom is 0.277 e. The number of nitrogens with zero attached hydrogens (tertiary/aromatic N) is 1. The molecule has 0 radical (unpaired) electrons. The van der Waals surface area contributed by atoms with Crippen molar-refractivity contribution in [3.05, 3.63) is 60.2 Å². The Bertz CT molecular complexity index is 639. The fourth-order valence-corrected chi connectivity index (χ4v) is 1.68. The fourth-order valence-electron chi connectivity index (χ4n) is 1.68. The number of carbonyl (C=O) groups is 1. The monoisotopic (exact) mass is 284 g/mol. The van der Waals surface area contributed by atoms with Crippen molar-refractivity contribution in [1.82, 2.24) is 5.43 Å². The van der Waals surface area contributed by atoms with Crippen LogP contribution >= 0.6 is 0 Å². The molecule has 1 amide bonds. The van der Waals surface area contributed by atoms with Gasteiger partial charge in [0.1, 0.15) is 11.5 Å². The van der Waals surface area contributed by atoms with Gasteiger partial charge in [-0.3, -0.25) is 4.79 Å². The van der Waals surface area contributed by atoms with Gasteiger partial charge in [-0.25, -0.2) is 5.43 Å². The van der Waals surface area contributed by atoms with Gasteiger partial charge in [-0.1, -0.05) is 30.3 Å². The van der Waals surface area contributed by atoms with E-state index in [0.717, 1.165) is 0 Å². The summed E-state index contributed by atoms with van der Waals surface area (Å²) in [4.78, 5) is 11.6. The van der Waals surface area contributed by atoms with Crippen LogP contribution in [-0.2, 0) is 4.79 Å². The zero-order chi connectivity index (χ0) is 15.1. The Morgan fingerprint density at radius 1 is 1.14 bits per heavy atom. The summed E-state index contributed by atoms with van der Waals surface area (Å²) >= 11 is 0. The Hall–Kier alpha value is -2.82. The molecular formula is C16H16N2O3. The van der Waals surface area contributed by atoms with Gasteiger partial charge in [0.2, 0.25) is 0 Å². The molecule has 5 nitrogen and oxygen atoms in total. The van der Waals surface area contributed by atoms with Crippen LogP contribution in [0.25, 0.3) is 0 Å². The highest BCUT2D eigenvalue weighted by Gasteiger charge is 2.05. The Labute approximate surface area is 122 Å². The van der Waals surface area contributed by atoms with Gasteiger partial charge in [-0.2, -0.15) is 5.10 Å². The molecule has 0 heterocycles. The van der Waals surface area contributed by atoms with Crippen molar-refractivity contribution in [2.24, 2.45) is 5.10 Å². The van der Waals surface area contributed by atoms with Crippen molar-refractivity contribution < 1.29 is 14.6 Å². The minimum Gasteiger partial charge on any atom is -0.507 e. The van der Waals surface area contributed by atoms with E-state index >= 15 is 0 Å². The average molecular weight is 284 g/mol. The van der Waals surface area contributed by atoms with Crippen LogP contribution in [0, 0.1) is 0 Å². The molecule has 5 heteroatoms. The van der Waals surface area contributed by atoms with Crippen LogP contribution in [0.4, 0.5) is 0 Å². The highest BCUT2D eigenvalue weighted by Crippen LogP contribution is 2.16. The second kappa shape index (κ2) is 7.09. The number of amides is 1. The first-order valence-corrected chi connectivity index (χ1v) is 6.46. The first kappa shape index (κ1) is 14.6. The zero-order valence-electron chi connectivity index (χ0n) is 11.6. The number of hydrogen-bond donors (Lipinski definition) is 2. The number of benzene rings is 2. The first-order chi connectivity index (χ1) is 10.2. The van der Waals surface area contributed by atoms with Gasteiger partial charge in [0.25, 0.3) is 5.91 Å². The van der Waals surface area contributed by atoms with Crippen LogP contribution in [0.1, 0.15) is 12.5 Å². The molecule has 0 atom stereocenters. The van der Waals surface area contributed by atoms with Gasteiger partial charge < -0.3 is 9.84 Å². The zero-order valence-corrected chi connectivity index (χ0v) is 11.6. The van der Waals surface area contributed by atoms with Gasteiger partial charge >= 0.3 is 0 Å². The van der Waals surface area contributed by atoms with E-state index < -0.39 is 0 Å². The largest absolute Gasteiger partial charge is 0.507 e. The summed E-state index contributed by atoms with van der Waals surface area (Å²) in [5, 5.41) is 13.6. The average Bonchev–Trinajstić information content (AvgIpc) is 2.52. The molecule has 2 aromatic rings. The summed E-state index contributed by atoms with van der Waals surface area (Å²) in [6.45, 7) is 1.58. The molecule has 0 aliphatic carbocycles. The fraction of sp³-hybridized carbons (Fsp3) is 0.125. The molecular weight excluding hydrogens is 268 g/mol. The molecule has 2 aromatic carbocycles. The molecule has 0 spiro atoms. The first-order valence-electron chi connectivity index (χ1n) is 6.46. The Balaban J connectivity index is 1.88. The van der Waals surface area contributed by atoms with Crippen LogP contribution in [0.2, 0.25) is 0 Å². The van der Waals surface area contributed by atoms with Crippen LogP contribution in [0.3, 0.4) is 0 Å². The van der Waals surface area contributed by atoms with Gasteiger partial charge in [0.15, 0.2) is 6.61 Å². The predicted octanol–water partition coefficient (Wildman–Crippen LogP) is 2.31. The summed E-state index contributed by atoms with van der Waals surface area (Å²) in [5.41, 5.74) is 3.48. The second-order valence-electron chi connectivity index (χ2n) is 4.35. The number of para-hydroxylation sites is 2. The molecule has 0 aliphatic rings. The number of nitrogens with one attached hydrogen (secondary N) is 1. The number of hydrogen-bond acceptors (Lipinski definition) is 4. The van der Waals surface area contributed by atoms with Crippen molar-refractivity contribution >= 4 is 11.6 Å². The second-order valence-corrected chi connectivity index (χ2v) is 4.35. The quantitative estimate of drug-likeness (QED) is 0.654. The molecule has 0 aromatic heterocycles. The Kier molecular flexibility index (Phi) is 4.93. The topological polar surface area (TPSA) is 70.9 Å². The third-order valence-corrected chi connectivity index (χ3v) is 2.76. The standard InChI is InChI=1S/C16H16N2O3/c1-12(14-9-5-6-10-15(14)19)17-18-16(20)11-21-13-7-3-2-4-8-13/h2-10,19H,11H2,1H3,(H,18,20)/b17-12-. The molecule has 0 unspecified atom stereocenters. The van der Waals surface area contributed by atoms with E-state index in [9.17, 15) is 9.90 Å². The van der Waals surface area contributed by atoms with E-state index in [4.69, 9.17) is 4.74 Å². The maximum absolute atomic E-state index is 11.6. The summed E-state index contributed by atoms with van der Waals surface area (Å²) in [6.07, 6.45) is 0. The number of rotatable bonds is 5. The normalized spacial score (nSPS) is 11.0. The highest BCUT2D eigenvalue weighted by molar-refractivity contribution is 6.01. The molecule has 0 bridgehead atoms. The molecule has 2 N–H and O–H groups in total. The third kappa shape index (κ3) is 4.35. The van der Waals surface area contributed by atoms with Crippen molar-refractivity contribution in [1.29, 1.82) is 0 Å². The number of phenols is 1. The Morgan fingerprint density at radius 3 is 2.52 bits per heavy atom. The molecule has 0 saturated heterocycles. The lowest BCUT2D eigenvalue weighted by atomic mass is 10.1. The van der Waals surface area contributed by atoms with E-state index in [1.54, 1.807) is 43.3 Å². The lowest BCUT2D eigenvalue weighted by molar-refractivity contribution is -0.123. The van der Waals surface area contributed by atoms with Crippen LogP contribution in [0.15, 0.2) is 59.7 Å². The van der Waals surface area contributed by atoms with Crippen molar-refractivity contribution in [2.75, 3.05) is 6.61 Å². The Morgan fingerprint density at radius 2 is 1.81 bits per heavy atom. The van der Waals surface area contributed by atoms with E-state index in [1.807, 2.05) is 18.2 Å². The number of carbonyl (C=O) groups excluding carboxylic acids is 1. The lowest BCUT2D eigenvalue weighted by Gasteiger charge is -2.06. The lowest BCUT2D eigenvalue weighted by Crippen LogP contribution is -2.25. The number of hydrazone groups is 1. The van der Waals surface area contributed by atoms with Crippen molar-refractivity contribution in [3.8, 4) is 11.5 Å². The van der Waals surface area contributed by atoms with Crippen LogP contribution in [0.5, 0.6) is 11.5 Å². The van der Waals surface area contributed by atoms with Gasteiger partial charge in [-0.05, 0) is 31.2 Å². The molecule has 2 rings (SSSR count). The molecule has 0 aliphatic heterocycles. The molecule has 0 fully saturated rings. The molecule has 108 valence electrons.